The number of alkyl halides is 3. The van der Waals surface area contributed by atoms with Crippen molar-refractivity contribution < 1.29 is 18.0 Å². The van der Waals surface area contributed by atoms with Crippen molar-refractivity contribution in [1.82, 2.24) is 0 Å². The third-order valence-corrected chi connectivity index (χ3v) is 4.07. The van der Waals surface area contributed by atoms with Crippen LogP contribution >= 0.6 is 38.9 Å². The summed E-state index contributed by atoms with van der Waals surface area (Å²) in [5.41, 5.74) is 0. The minimum absolute atomic E-state index is 0.246. The number of hydrogen-bond acceptors (Lipinski definition) is 2. The van der Waals surface area contributed by atoms with Gasteiger partial charge in [-0.1, -0.05) is 11.6 Å². The first-order valence-corrected chi connectivity index (χ1v) is 5.83. The highest BCUT2D eigenvalue weighted by Gasteiger charge is 2.28. The van der Waals surface area contributed by atoms with E-state index < -0.39 is 24.8 Å². The second-order valence-electron chi connectivity index (χ2n) is 2.77. The molecule has 0 N–H and O–H groups in total. The Kier molecular flexibility index (Phi) is 4.20. The maximum absolute atomic E-state index is 11.8. The van der Waals surface area contributed by atoms with E-state index in [1.54, 1.807) is 0 Å². The molecular weight excluding hydrogens is 317 g/mol. The summed E-state index contributed by atoms with van der Waals surface area (Å²) in [7, 11) is 0. The highest BCUT2D eigenvalue weighted by Crippen LogP contribution is 2.33. The fourth-order valence-corrected chi connectivity index (χ4v) is 2.53. The molecule has 0 saturated heterocycles. The average molecular weight is 322 g/mol. The van der Waals surface area contributed by atoms with E-state index in [-0.39, 0.29) is 4.88 Å². The predicted molar refractivity (Wildman–Crippen MR) is 56.6 cm³/mol. The lowest BCUT2D eigenvalue weighted by atomic mass is 10.2. The van der Waals surface area contributed by atoms with Crippen LogP contribution in [0.3, 0.4) is 0 Å². The molecule has 0 saturated carbocycles. The third-order valence-electron chi connectivity index (χ3n) is 1.56. The van der Waals surface area contributed by atoms with Crippen LogP contribution in [0.4, 0.5) is 13.2 Å². The van der Waals surface area contributed by atoms with Crippen LogP contribution in [0.1, 0.15) is 22.5 Å². The Balaban J connectivity index is 2.62. The summed E-state index contributed by atoms with van der Waals surface area (Å²) < 4.78 is 36.1. The minimum atomic E-state index is -4.30. The van der Waals surface area contributed by atoms with E-state index in [1.165, 1.54) is 6.07 Å². The van der Waals surface area contributed by atoms with Crippen molar-refractivity contribution in [1.29, 1.82) is 0 Å². The molecule has 0 fully saturated rings. The fourth-order valence-electron chi connectivity index (χ4n) is 0.862. The predicted octanol–water partition coefficient (Wildman–Crippen LogP) is 4.69. The van der Waals surface area contributed by atoms with Gasteiger partial charge in [-0.25, -0.2) is 0 Å². The summed E-state index contributed by atoms with van der Waals surface area (Å²) in [6.07, 6.45) is -5.93. The van der Waals surface area contributed by atoms with Gasteiger partial charge in [0.15, 0.2) is 5.78 Å². The molecule has 1 aromatic heterocycles. The number of thiophene rings is 1. The SMILES string of the molecule is O=C(CCC(F)(F)F)c1cc(Cl)c(Br)s1. The zero-order chi connectivity index (χ0) is 11.6. The van der Waals surface area contributed by atoms with Crippen LogP contribution in [0.2, 0.25) is 5.02 Å². The number of rotatable bonds is 3. The molecule has 1 nitrogen and oxygen atoms in total. The van der Waals surface area contributed by atoms with E-state index >= 15 is 0 Å². The van der Waals surface area contributed by atoms with Crippen LogP contribution in [0, 0.1) is 0 Å². The first-order valence-electron chi connectivity index (χ1n) is 3.84. The number of halogens is 5. The zero-order valence-electron chi connectivity index (χ0n) is 7.20. The largest absolute Gasteiger partial charge is 0.389 e. The Morgan fingerprint density at radius 2 is 2.13 bits per heavy atom. The maximum atomic E-state index is 11.8. The first-order chi connectivity index (χ1) is 6.79. The van der Waals surface area contributed by atoms with Crippen LogP contribution in [-0.4, -0.2) is 12.0 Å². The van der Waals surface area contributed by atoms with Gasteiger partial charge in [-0.05, 0) is 22.0 Å². The molecule has 0 spiro atoms. The average Bonchev–Trinajstić information content (AvgIpc) is 2.42. The van der Waals surface area contributed by atoms with Crippen molar-refractivity contribution >= 4 is 44.7 Å². The zero-order valence-corrected chi connectivity index (χ0v) is 10.4. The molecule has 84 valence electrons. The standard InChI is InChI=1S/C8H5BrClF3OS/c9-7-4(10)3-6(15-7)5(14)1-2-8(11,12)13/h3H,1-2H2. The summed E-state index contributed by atoms with van der Waals surface area (Å²) in [5, 5.41) is 0.343. The Morgan fingerprint density at radius 3 is 2.53 bits per heavy atom. The first kappa shape index (κ1) is 13.0. The molecule has 0 aliphatic carbocycles. The summed E-state index contributed by atoms with van der Waals surface area (Å²) in [4.78, 5) is 11.5. The molecule has 0 unspecified atom stereocenters. The number of hydrogen-bond donors (Lipinski definition) is 0. The van der Waals surface area contributed by atoms with E-state index in [2.05, 4.69) is 15.9 Å². The van der Waals surface area contributed by atoms with Crippen molar-refractivity contribution in [2.45, 2.75) is 19.0 Å². The molecule has 0 radical (unpaired) electrons. The van der Waals surface area contributed by atoms with Crippen LogP contribution in [-0.2, 0) is 0 Å². The van der Waals surface area contributed by atoms with Crippen molar-refractivity contribution in [2.75, 3.05) is 0 Å². The Hall–Kier alpha value is -0.0700. The van der Waals surface area contributed by atoms with Crippen molar-refractivity contribution in [3.8, 4) is 0 Å². The Labute approximate surface area is 101 Å². The van der Waals surface area contributed by atoms with Gasteiger partial charge in [0.05, 0.1) is 20.1 Å². The molecule has 0 aliphatic heterocycles. The summed E-state index contributed by atoms with van der Waals surface area (Å²) in [5.74, 6) is -0.537. The fraction of sp³-hybridized carbons (Fsp3) is 0.375. The summed E-state index contributed by atoms with van der Waals surface area (Å²) in [6.45, 7) is 0. The van der Waals surface area contributed by atoms with Crippen molar-refractivity contribution in [2.24, 2.45) is 0 Å². The molecule has 0 aliphatic rings. The van der Waals surface area contributed by atoms with Gasteiger partial charge in [-0.2, -0.15) is 13.2 Å². The van der Waals surface area contributed by atoms with E-state index in [0.717, 1.165) is 11.3 Å². The molecule has 0 atom stereocenters. The molecule has 0 bridgehead atoms. The van der Waals surface area contributed by atoms with Crippen LogP contribution in [0.15, 0.2) is 9.85 Å². The maximum Gasteiger partial charge on any atom is 0.389 e. The van der Waals surface area contributed by atoms with Crippen molar-refractivity contribution in [3.05, 3.63) is 19.8 Å². The monoisotopic (exact) mass is 320 g/mol. The molecule has 1 heterocycles. The minimum Gasteiger partial charge on any atom is -0.293 e. The molecule has 1 rings (SSSR count). The second-order valence-corrected chi connectivity index (χ2v) is 5.55. The molecule has 1 aromatic rings. The van der Waals surface area contributed by atoms with Gasteiger partial charge in [-0.15, -0.1) is 11.3 Å². The highest BCUT2D eigenvalue weighted by molar-refractivity contribution is 9.11. The van der Waals surface area contributed by atoms with Gasteiger partial charge < -0.3 is 0 Å². The van der Waals surface area contributed by atoms with Gasteiger partial charge in [0.2, 0.25) is 0 Å². The lowest BCUT2D eigenvalue weighted by molar-refractivity contribution is -0.133. The number of ketones is 1. The number of carbonyl (C=O) groups is 1. The van der Waals surface area contributed by atoms with Gasteiger partial charge in [-0.3, -0.25) is 4.79 Å². The van der Waals surface area contributed by atoms with Gasteiger partial charge >= 0.3 is 6.18 Å². The topological polar surface area (TPSA) is 17.1 Å². The summed E-state index contributed by atoms with van der Waals surface area (Å²) in [6, 6.07) is 1.37. The number of carbonyl (C=O) groups excluding carboxylic acids is 1. The number of Topliss-reactive ketones (excluding diaryl/α,β-unsaturated/α-hetero) is 1. The van der Waals surface area contributed by atoms with E-state index in [9.17, 15) is 18.0 Å². The second kappa shape index (κ2) is 4.84. The normalized spacial score (nSPS) is 11.8. The van der Waals surface area contributed by atoms with Gasteiger partial charge in [0.1, 0.15) is 0 Å². The molecule has 7 heteroatoms. The molecule has 0 aromatic carbocycles. The van der Waals surface area contributed by atoms with Crippen LogP contribution in [0.5, 0.6) is 0 Å². The Morgan fingerprint density at radius 1 is 1.53 bits per heavy atom. The third kappa shape index (κ3) is 4.12. The smallest absolute Gasteiger partial charge is 0.293 e. The molecular formula is C8H5BrClF3OS. The quantitative estimate of drug-likeness (QED) is 0.738. The van der Waals surface area contributed by atoms with E-state index in [1.807, 2.05) is 0 Å². The van der Waals surface area contributed by atoms with Gasteiger partial charge in [0.25, 0.3) is 0 Å². The summed E-state index contributed by atoms with van der Waals surface area (Å²) >= 11 is 9.78. The van der Waals surface area contributed by atoms with Crippen LogP contribution in [0.25, 0.3) is 0 Å². The lowest BCUT2D eigenvalue weighted by Crippen LogP contribution is -2.10. The Bertz CT molecular complexity index is 355. The van der Waals surface area contributed by atoms with Crippen molar-refractivity contribution in [3.63, 3.8) is 0 Å². The van der Waals surface area contributed by atoms with E-state index in [0.29, 0.717) is 8.81 Å². The van der Waals surface area contributed by atoms with E-state index in [4.69, 9.17) is 11.6 Å². The molecule has 0 amide bonds. The molecule has 15 heavy (non-hydrogen) atoms. The lowest BCUT2D eigenvalue weighted by Gasteiger charge is -2.03. The van der Waals surface area contributed by atoms with Crippen LogP contribution < -0.4 is 0 Å². The van der Waals surface area contributed by atoms with Gasteiger partial charge in [0, 0.05) is 6.42 Å². The highest BCUT2D eigenvalue weighted by atomic mass is 79.9.